The Hall–Kier alpha value is -1.82. The molecule has 6 heteroatoms. The van der Waals surface area contributed by atoms with Gasteiger partial charge in [0, 0.05) is 22.3 Å². The van der Waals surface area contributed by atoms with Crippen LogP contribution in [0.15, 0.2) is 27.4 Å². The first kappa shape index (κ1) is 16.5. The largest absolute Gasteiger partial charge is 0.482 e. The van der Waals surface area contributed by atoms with Crippen LogP contribution in [-0.4, -0.2) is 24.5 Å². The molecule has 1 aromatic heterocycles. The second kappa shape index (κ2) is 7.45. The van der Waals surface area contributed by atoms with Crippen LogP contribution in [0, 0.1) is 6.92 Å². The number of hydrogen-bond acceptors (Lipinski definition) is 5. The van der Waals surface area contributed by atoms with Crippen molar-refractivity contribution in [1.82, 2.24) is 0 Å². The number of alkyl halides is 1. The van der Waals surface area contributed by atoms with E-state index >= 15 is 0 Å². The van der Waals surface area contributed by atoms with Crippen LogP contribution in [0.1, 0.15) is 18.1 Å². The number of ether oxygens (including phenoxy) is 2. The molecule has 22 heavy (non-hydrogen) atoms. The molecule has 0 unspecified atom stereocenters. The Morgan fingerprint density at radius 2 is 2.14 bits per heavy atom. The molecule has 2 rings (SSSR count). The quantitative estimate of drug-likeness (QED) is 0.445. The number of halogens is 1. The van der Waals surface area contributed by atoms with Gasteiger partial charge < -0.3 is 13.9 Å². The molecule has 0 atom stereocenters. The van der Waals surface area contributed by atoms with Crippen molar-refractivity contribution in [3.63, 3.8) is 0 Å². The minimum Gasteiger partial charge on any atom is -0.482 e. The average molecular weight is 369 g/mol. The highest BCUT2D eigenvalue weighted by atomic mass is 79.9. The van der Waals surface area contributed by atoms with Crippen molar-refractivity contribution in [3.05, 3.63) is 39.7 Å². The van der Waals surface area contributed by atoms with Gasteiger partial charge in [-0.25, -0.2) is 9.59 Å². The van der Waals surface area contributed by atoms with Gasteiger partial charge >= 0.3 is 11.6 Å². The fourth-order valence-electron chi connectivity index (χ4n) is 2.19. The number of rotatable bonds is 6. The van der Waals surface area contributed by atoms with Crippen molar-refractivity contribution in [2.75, 3.05) is 18.5 Å². The molecule has 0 bridgehead atoms. The number of fused-ring (bicyclic) bond motifs is 1. The third-order valence-electron chi connectivity index (χ3n) is 3.27. The smallest absolute Gasteiger partial charge is 0.344 e. The predicted octanol–water partition coefficient (Wildman–Crippen LogP) is 2.98. The van der Waals surface area contributed by atoms with E-state index in [0.29, 0.717) is 35.3 Å². The van der Waals surface area contributed by atoms with Gasteiger partial charge in [-0.2, -0.15) is 0 Å². The monoisotopic (exact) mass is 368 g/mol. The van der Waals surface area contributed by atoms with E-state index in [4.69, 9.17) is 13.9 Å². The third-order valence-corrected chi connectivity index (χ3v) is 3.66. The molecular weight excluding hydrogens is 352 g/mol. The van der Waals surface area contributed by atoms with E-state index in [9.17, 15) is 9.59 Å². The molecule has 2 aromatic rings. The second-order valence-electron chi connectivity index (χ2n) is 4.68. The standard InChI is InChI=1S/C16H17BrO5/c1-3-20-15(18)9-21-11-4-5-12-10(2)13(6-7-17)16(19)22-14(12)8-11/h4-5,8H,3,6-7,9H2,1-2H3. The van der Waals surface area contributed by atoms with E-state index in [2.05, 4.69) is 15.9 Å². The van der Waals surface area contributed by atoms with E-state index in [1.807, 2.05) is 13.0 Å². The van der Waals surface area contributed by atoms with Crippen molar-refractivity contribution in [2.24, 2.45) is 0 Å². The van der Waals surface area contributed by atoms with E-state index in [1.165, 1.54) is 0 Å². The highest BCUT2D eigenvalue weighted by molar-refractivity contribution is 9.09. The van der Waals surface area contributed by atoms with Crippen molar-refractivity contribution < 1.29 is 18.7 Å². The first-order chi connectivity index (χ1) is 10.6. The molecule has 118 valence electrons. The molecular formula is C16H17BrO5. The summed E-state index contributed by atoms with van der Waals surface area (Å²) in [7, 11) is 0. The van der Waals surface area contributed by atoms with Crippen molar-refractivity contribution in [3.8, 4) is 5.75 Å². The van der Waals surface area contributed by atoms with Gasteiger partial charge in [0.05, 0.1) is 6.61 Å². The number of aryl methyl sites for hydroxylation is 1. The molecule has 1 heterocycles. The zero-order valence-corrected chi connectivity index (χ0v) is 14.1. The summed E-state index contributed by atoms with van der Waals surface area (Å²) < 4.78 is 15.5. The maximum Gasteiger partial charge on any atom is 0.344 e. The summed E-state index contributed by atoms with van der Waals surface area (Å²) in [4.78, 5) is 23.3. The Kier molecular flexibility index (Phi) is 5.60. The molecule has 0 aliphatic rings. The van der Waals surface area contributed by atoms with Gasteiger partial charge in [0.15, 0.2) is 6.61 Å². The minimum absolute atomic E-state index is 0.176. The molecule has 0 amide bonds. The minimum atomic E-state index is -0.437. The van der Waals surface area contributed by atoms with E-state index in [0.717, 1.165) is 10.9 Å². The molecule has 0 fully saturated rings. The molecule has 0 saturated heterocycles. The van der Waals surface area contributed by atoms with E-state index < -0.39 is 5.97 Å². The summed E-state index contributed by atoms with van der Waals surface area (Å²) >= 11 is 3.33. The fraction of sp³-hybridized carbons (Fsp3) is 0.375. The summed E-state index contributed by atoms with van der Waals surface area (Å²) in [5.74, 6) is 0.0178. The Balaban J connectivity index is 2.29. The summed E-state index contributed by atoms with van der Waals surface area (Å²) in [5, 5.41) is 1.56. The van der Waals surface area contributed by atoms with Crippen LogP contribution in [0.4, 0.5) is 0 Å². The highest BCUT2D eigenvalue weighted by Crippen LogP contribution is 2.24. The lowest BCUT2D eigenvalue weighted by Gasteiger charge is -2.09. The van der Waals surface area contributed by atoms with Gasteiger partial charge in [0.1, 0.15) is 11.3 Å². The van der Waals surface area contributed by atoms with Crippen molar-refractivity contribution >= 4 is 32.9 Å². The first-order valence-electron chi connectivity index (χ1n) is 6.97. The average Bonchev–Trinajstić information content (AvgIpc) is 2.49. The Morgan fingerprint density at radius 1 is 1.36 bits per heavy atom. The molecule has 0 N–H and O–H groups in total. The van der Waals surface area contributed by atoms with Crippen LogP contribution in [-0.2, 0) is 16.0 Å². The highest BCUT2D eigenvalue weighted by Gasteiger charge is 2.12. The number of carbonyl (C=O) groups is 1. The maximum atomic E-state index is 12.0. The zero-order valence-electron chi connectivity index (χ0n) is 12.5. The molecule has 0 saturated carbocycles. The van der Waals surface area contributed by atoms with Gasteiger partial charge in [-0.15, -0.1) is 0 Å². The third kappa shape index (κ3) is 3.68. The van der Waals surface area contributed by atoms with E-state index in [-0.39, 0.29) is 12.2 Å². The number of esters is 1. The lowest BCUT2D eigenvalue weighted by atomic mass is 10.0. The summed E-state index contributed by atoms with van der Waals surface area (Å²) in [6.07, 6.45) is 0.616. The van der Waals surface area contributed by atoms with Gasteiger partial charge in [-0.3, -0.25) is 0 Å². The fourth-order valence-corrected chi connectivity index (χ4v) is 2.59. The van der Waals surface area contributed by atoms with Gasteiger partial charge in [-0.1, -0.05) is 15.9 Å². The SMILES string of the molecule is CCOC(=O)COc1ccc2c(C)c(CCBr)c(=O)oc2c1. The number of carbonyl (C=O) groups excluding carboxylic acids is 1. The molecule has 1 aromatic carbocycles. The normalized spacial score (nSPS) is 10.7. The molecule has 0 spiro atoms. The molecule has 0 aliphatic carbocycles. The lowest BCUT2D eigenvalue weighted by molar-refractivity contribution is -0.145. The Labute approximate surface area is 136 Å². The predicted molar refractivity (Wildman–Crippen MR) is 86.8 cm³/mol. The van der Waals surface area contributed by atoms with Gasteiger partial charge in [0.2, 0.25) is 0 Å². The lowest BCUT2D eigenvalue weighted by Crippen LogP contribution is -2.14. The molecule has 5 nitrogen and oxygen atoms in total. The topological polar surface area (TPSA) is 65.7 Å². The van der Waals surface area contributed by atoms with Crippen LogP contribution in [0.3, 0.4) is 0 Å². The van der Waals surface area contributed by atoms with Crippen LogP contribution < -0.4 is 10.4 Å². The van der Waals surface area contributed by atoms with Crippen LogP contribution in [0.2, 0.25) is 0 Å². The van der Waals surface area contributed by atoms with Crippen LogP contribution in [0.25, 0.3) is 11.0 Å². The maximum absolute atomic E-state index is 12.0. The zero-order chi connectivity index (χ0) is 16.1. The van der Waals surface area contributed by atoms with Crippen LogP contribution >= 0.6 is 15.9 Å². The van der Waals surface area contributed by atoms with Crippen molar-refractivity contribution in [2.45, 2.75) is 20.3 Å². The van der Waals surface area contributed by atoms with Crippen LogP contribution in [0.5, 0.6) is 5.75 Å². The Morgan fingerprint density at radius 3 is 2.82 bits per heavy atom. The number of benzene rings is 1. The Bertz CT molecular complexity index is 735. The summed E-state index contributed by atoms with van der Waals surface area (Å²) in [6.45, 7) is 3.76. The summed E-state index contributed by atoms with van der Waals surface area (Å²) in [6, 6.07) is 5.18. The van der Waals surface area contributed by atoms with E-state index in [1.54, 1.807) is 19.1 Å². The first-order valence-corrected chi connectivity index (χ1v) is 8.09. The van der Waals surface area contributed by atoms with Gasteiger partial charge in [0.25, 0.3) is 0 Å². The second-order valence-corrected chi connectivity index (χ2v) is 5.48. The molecule has 0 radical (unpaired) electrons. The summed E-state index contributed by atoms with van der Waals surface area (Å²) in [5.41, 5.74) is 1.68. The molecule has 0 aliphatic heterocycles. The van der Waals surface area contributed by atoms with Crippen molar-refractivity contribution in [1.29, 1.82) is 0 Å². The number of hydrogen-bond donors (Lipinski definition) is 0. The van der Waals surface area contributed by atoms with Gasteiger partial charge in [-0.05, 0) is 38.0 Å².